The van der Waals surface area contributed by atoms with Crippen LogP contribution in [0.25, 0.3) is 0 Å². The summed E-state index contributed by atoms with van der Waals surface area (Å²) in [6.07, 6.45) is 3.75. The Labute approximate surface area is 144 Å². The highest BCUT2D eigenvalue weighted by molar-refractivity contribution is 5.98. The number of ether oxygens (including phenoxy) is 1. The highest BCUT2D eigenvalue weighted by atomic mass is 19.1. The van der Waals surface area contributed by atoms with E-state index in [-0.39, 0.29) is 0 Å². The summed E-state index contributed by atoms with van der Waals surface area (Å²) in [4.78, 5) is 30.5. The van der Waals surface area contributed by atoms with Crippen LogP contribution in [-0.2, 0) is 9.53 Å². The molecule has 1 saturated heterocycles. The van der Waals surface area contributed by atoms with Crippen LogP contribution in [0.2, 0.25) is 0 Å². The third kappa shape index (κ3) is 4.32. The number of aromatic nitrogens is 1. The fourth-order valence-electron chi connectivity index (χ4n) is 2.68. The van der Waals surface area contributed by atoms with Gasteiger partial charge in [0.2, 0.25) is 0 Å². The van der Waals surface area contributed by atoms with Gasteiger partial charge in [0.05, 0.1) is 0 Å². The van der Waals surface area contributed by atoms with Crippen LogP contribution in [0, 0.1) is 5.82 Å². The van der Waals surface area contributed by atoms with Gasteiger partial charge in [-0.25, -0.2) is 14.2 Å². The number of anilines is 2. The van der Waals surface area contributed by atoms with E-state index >= 15 is 0 Å². The summed E-state index contributed by atoms with van der Waals surface area (Å²) in [5, 5.41) is 2.54. The first kappa shape index (κ1) is 16.9. The highest BCUT2D eigenvalue weighted by Crippen LogP contribution is 2.22. The van der Waals surface area contributed by atoms with E-state index in [1.165, 1.54) is 24.3 Å². The molecule has 7 heteroatoms. The van der Waals surface area contributed by atoms with Crippen molar-refractivity contribution in [2.75, 3.05) is 29.9 Å². The molecule has 130 valence electrons. The maximum absolute atomic E-state index is 12.8. The third-order valence-electron chi connectivity index (χ3n) is 3.87. The van der Waals surface area contributed by atoms with E-state index in [1.54, 1.807) is 18.3 Å². The van der Waals surface area contributed by atoms with Crippen LogP contribution >= 0.6 is 0 Å². The van der Waals surface area contributed by atoms with Crippen molar-refractivity contribution in [3.8, 4) is 0 Å². The lowest BCUT2D eigenvalue weighted by Gasteiger charge is -2.18. The van der Waals surface area contributed by atoms with Crippen molar-refractivity contribution in [3.05, 3.63) is 54.0 Å². The SMILES string of the molecule is O=C(COC(=O)c1cccnc1N1CCCC1)Nc1ccc(F)cc1. The van der Waals surface area contributed by atoms with E-state index in [2.05, 4.69) is 10.3 Å². The molecule has 2 aromatic rings. The molecule has 0 bridgehead atoms. The Kier molecular flexibility index (Phi) is 5.23. The first-order valence-corrected chi connectivity index (χ1v) is 8.06. The molecule has 6 nitrogen and oxygen atoms in total. The summed E-state index contributed by atoms with van der Waals surface area (Å²) in [7, 11) is 0. The average molecular weight is 343 g/mol. The van der Waals surface area contributed by atoms with Gasteiger partial charge in [-0.3, -0.25) is 4.79 Å². The summed E-state index contributed by atoms with van der Waals surface area (Å²) in [6, 6.07) is 8.64. The Morgan fingerprint density at radius 3 is 2.60 bits per heavy atom. The highest BCUT2D eigenvalue weighted by Gasteiger charge is 2.21. The second-order valence-electron chi connectivity index (χ2n) is 5.70. The van der Waals surface area contributed by atoms with E-state index in [0.717, 1.165) is 25.9 Å². The molecular weight excluding hydrogens is 325 g/mol. The van der Waals surface area contributed by atoms with E-state index in [9.17, 15) is 14.0 Å². The number of nitrogens with one attached hydrogen (secondary N) is 1. The van der Waals surface area contributed by atoms with Gasteiger partial charge in [0, 0.05) is 25.0 Å². The third-order valence-corrected chi connectivity index (χ3v) is 3.87. The zero-order valence-electron chi connectivity index (χ0n) is 13.6. The molecule has 1 amide bonds. The molecule has 0 radical (unpaired) electrons. The maximum atomic E-state index is 12.8. The Morgan fingerprint density at radius 2 is 1.88 bits per heavy atom. The Balaban J connectivity index is 1.59. The predicted octanol–water partition coefficient (Wildman–Crippen LogP) is 2.62. The number of hydrogen-bond acceptors (Lipinski definition) is 5. The molecule has 0 spiro atoms. The summed E-state index contributed by atoms with van der Waals surface area (Å²) in [6.45, 7) is 1.27. The molecule has 0 aliphatic carbocycles. The lowest BCUT2D eigenvalue weighted by Crippen LogP contribution is -2.24. The van der Waals surface area contributed by atoms with Crippen LogP contribution in [0.4, 0.5) is 15.9 Å². The second-order valence-corrected chi connectivity index (χ2v) is 5.70. The quantitative estimate of drug-likeness (QED) is 0.845. The second kappa shape index (κ2) is 7.74. The van der Waals surface area contributed by atoms with E-state index in [1.807, 2.05) is 4.90 Å². The smallest absolute Gasteiger partial charge is 0.342 e. The number of amides is 1. The van der Waals surface area contributed by atoms with Crippen molar-refractivity contribution in [2.45, 2.75) is 12.8 Å². The molecule has 25 heavy (non-hydrogen) atoms. The fourth-order valence-corrected chi connectivity index (χ4v) is 2.68. The molecule has 3 rings (SSSR count). The van der Waals surface area contributed by atoms with Gasteiger partial charge < -0.3 is 15.0 Å². The van der Waals surface area contributed by atoms with Gasteiger partial charge in [0.1, 0.15) is 17.2 Å². The summed E-state index contributed by atoms with van der Waals surface area (Å²) >= 11 is 0. The van der Waals surface area contributed by atoms with Gasteiger partial charge in [0.25, 0.3) is 5.91 Å². The Bertz CT molecular complexity index is 758. The lowest BCUT2D eigenvalue weighted by atomic mass is 10.2. The summed E-state index contributed by atoms with van der Waals surface area (Å²) < 4.78 is 17.9. The molecule has 1 N–H and O–H groups in total. The number of halogens is 1. The normalized spacial score (nSPS) is 13.6. The first-order chi connectivity index (χ1) is 12.1. The molecule has 0 unspecified atom stereocenters. The molecule has 2 heterocycles. The summed E-state index contributed by atoms with van der Waals surface area (Å²) in [5.41, 5.74) is 0.778. The van der Waals surface area contributed by atoms with Crippen LogP contribution in [0.5, 0.6) is 0 Å². The predicted molar refractivity (Wildman–Crippen MR) is 91.0 cm³/mol. The van der Waals surface area contributed by atoms with E-state index < -0.39 is 24.3 Å². The van der Waals surface area contributed by atoms with Crippen molar-refractivity contribution < 1.29 is 18.7 Å². The molecule has 1 fully saturated rings. The van der Waals surface area contributed by atoms with Crippen molar-refractivity contribution in [1.29, 1.82) is 0 Å². The topological polar surface area (TPSA) is 71.5 Å². The minimum absolute atomic E-state index is 0.346. The largest absolute Gasteiger partial charge is 0.452 e. The standard InChI is InChI=1S/C18H18FN3O3/c19-13-5-7-14(8-6-13)21-16(23)12-25-18(24)15-4-3-9-20-17(15)22-10-1-2-11-22/h3-9H,1-2,10-12H2,(H,21,23). The average Bonchev–Trinajstić information content (AvgIpc) is 3.16. The number of carbonyl (C=O) groups excluding carboxylic acids is 2. The molecule has 0 saturated carbocycles. The van der Waals surface area contributed by atoms with Crippen molar-refractivity contribution >= 4 is 23.4 Å². The van der Waals surface area contributed by atoms with Crippen molar-refractivity contribution in [1.82, 2.24) is 4.98 Å². The molecule has 1 aromatic heterocycles. The van der Waals surface area contributed by atoms with Gasteiger partial charge in [-0.1, -0.05) is 0 Å². The monoisotopic (exact) mass is 343 g/mol. The molecule has 1 aromatic carbocycles. The van der Waals surface area contributed by atoms with Crippen LogP contribution in [0.3, 0.4) is 0 Å². The van der Waals surface area contributed by atoms with E-state index in [0.29, 0.717) is 17.1 Å². The number of rotatable bonds is 5. The van der Waals surface area contributed by atoms with Crippen molar-refractivity contribution in [3.63, 3.8) is 0 Å². The minimum atomic E-state index is -0.593. The van der Waals surface area contributed by atoms with Crippen LogP contribution < -0.4 is 10.2 Å². The number of nitrogens with zero attached hydrogens (tertiary/aromatic N) is 2. The van der Waals surface area contributed by atoms with Gasteiger partial charge in [-0.2, -0.15) is 0 Å². The van der Waals surface area contributed by atoms with Crippen LogP contribution in [0.15, 0.2) is 42.6 Å². The minimum Gasteiger partial charge on any atom is -0.452 e. The molecule has 0 atom stereocenters. The van der Waals surface area contributed by atoms with Gasteiger partial charge in [-0.05, 0) is 49.2 Å². The number of carbonyl (C=O) groups is 2. The number of pyridine rings is 1. The number of hydrogen-bond donors (Lipinski definition) is 1. The molecule has 1 aliphatic heterocycles. The van der Waals surface area contributed by atoms with Gasteiger partial charge in [0.15, 0.2) is 6.61 Å². The number of esters is 1. The summed E-state index contributed by atoms with van der Waals surface area (Å²) in [5.74, 6) is -0.893. The Morgan fingerprint density at radius 1 is 1.16 bits per heavy atom. The lowest BCUT2D eigenvalue weighted by molar-refractivity contribution is -0.119. The Hall–Kier alpha value is -2.96. The molecular formula is C18H18FN3O3. The first-order valence-electron chi connectivity index (χ1n) is 8.06. The van der Waals surface area contributed by atoms with Crippen LogP contribution in [0.1, 0.15) is 23.2 Å². The fraction of sp³-hybridized carbons (Fsp3) is 0.278. The molecule has 1 aliphatic rings. The zero-order chi connectivity index (χ0) is 17.6. The van der Waals surface area contributed by atoms with Crippen molar-refractivity contribution in [2.24, 2.45) is 0 Å². The van der Waals surface area contributed by atoms with Gasteiger partial charge >= 0.3 is 5.97 Å². The zero-order valence-corrected chi connectivity index (χ0v) is 13.6. The maximum Gasteiger partial charge on any atom is 0.342 e. The van der Waals surface area contributed by atoms with Gasteiger partial charge in [-0.15, -0.1) is 0 Å². The van der Waals surface area contributed by atoms with Crippen LogP contribution in [-0.4, -0.2) is 36.6 Å². The number of benzene rings is 1. The van der Waals surface area contributed by atoms with E-state index in [4.69, 9.17) is 4.74 Å².